The number of allylic oxidation sites excluding steroid dienone is 1. The molecule has 0 atom stereocenters. The molecule has 4 heteroatoms. The number of unbranched alkanes of at least 4 members (excludes halogenated alkanes) is 1. The minimum atomic E-state index is -0.429. The predicted molar refractivity (Wildman–Crippen MR) is 58.0 cm³/mol. The van der Waals surface area contributed by atoms with Crippen molar-refractivity contribution in [3.8, 4) is 5.75 Å². The van der Waals surface area contributed by atoms with Gasteiger partial charge >= 0.3 is 0 Å². The van der Waals surface area contributed by atoms with Gasteiger partial charge in [-0.3, -0.25) is 10.1 Å². The van der Waals surface area contributed by atoms with Crippen LogP contribution in [0.1, 0.15) is 12.8 Å². The molecule has 0 spiro atoms. The van der Waals surface area contributed by atoms with Gasteiger partial charge in [-0.2, -0.15) is 0 Å². The van der Waals surface area contributed by atoms with Gasteiger partial charge in [0, 0.05) is 12.1 Å². The second kappa shape index (κ2) is 5.80. The molecule has 0 N–H and O–H groups in total. The lowest BCUT2D eigenvalue weighted by atomic mass is 10.3. The molecule has 0 saturated heterocycles. The van der Waals surface area contributed by atoms with Crippen molar-refractivity contribution in [2.75, 3.05) is 6.61 Å². The lowest BCUT2D eigenvalue weighted by Gasteiger charge is -2.03. The summed E-state index contributed by atoms with van der Waals surface area (Å²) in [4.78, 5) is 9.94. The lowest BCUT2D eigenvalue weighted by Crippen LogP contribution is -1.96. The Morgan fingerprint density at radius 1 is 1.40 bits per heavy atom. The molecule has 1 aromatic carbocycles. The molecule has 4 nitrogen and oxygen atoms in total. The normalized spacial score (nSPS) is 9.60. The molecule has 1 rings (SSSR count). The van der Waals surface area contributed by atoms with E-state index < -0.39 is 4.92 Å². The first-order valence-electron chi connectivity index (χ1n) is 4.72. The highest BCUT2D eigenvalue weighted by atomic mass is 16.6. The molecule has 0 aliphatic carbocycles. The smallest absolute Gasteiger partial charge is 0.269 e. The first kappa shape index (κ1) is 11.2. The molecule has 0 saturated carbocycles. The van der Waals surface area contributed by atoms with Crippen molar-refractivity contribution >= 4 is 5.69 Å². The van der Waals surface area contributed by atoms with E-state index in [1.54, 1.807) is 12.1 Å². The highest BCUT2D eigenvalue weighted by Crippen LogP contribution is 2.17. The molecule has 80 valence electrons. The summed E-state index contributed by atoms with van der Waals surface area (Å²) in [5, 5.41) is 10.4. The summed E-state index contributed by atoms with van der Waals surface area (Å²) < 4.78 is 5.37. The van der Waals surface area contributed by atoms with Crippen molar-refractivity contribution in [2.24, 2.45) is 0 Å². The maximum Gasteiger partial charge on any atom is 0.269 e. The molecule has 0 heterocycles. The maximum atomic E-state index is 10.4. The number of nitro groups is 1. The number of rotatable bonds is 6. The third-order valence-electron chi connectivity index (χ3n) is 1.87. The Bertz CT molecular complexity index is 332. The van der Waals surface area contributed by atoms with Gasteiger partial charge < -0.3 is 4.74 Å². The molecule has 0 aliphatic rings. The first-order chi connectivity index (χ1) is 7.24. The van der Waals surface area contributed by atoms with Gasteiger partial charge in [-0.25, -0.2) is 0 Å². The minimum Gasteiger partial charge on any atom is -0.494 e. The fraction of sp³-hybridized carbons (Fsp3) is 0.273. The summed E-state index contributed by atoms with van der Waals surface area (Å²) in [5.74, 6) is 0.657. The van der Waals surface area contributed by atoms with Crippen molar-refractivity contribution in [1.29, 1.82) is 0 Å². The Labute approximate surface area is 88.3 Å². The summed E-state index contributed by atoms with van der Waals surface area (Å²) in [6.45, 7) is 4.21. The quantitative estimate of drug-likeness (QED) is 0.312. The van der Waals surface area contributed by atoms with E-state index in [4.69, 9.17) is 4.74 Å². The number of hydrogen-bond acceptors (Lipinski definition) is 3. The van der Waals surface area contributed by atoms with E-state index in [0.29, 0.717) is 12.4 Å². The molecule has 0 amide bonds. The highest BCUT2D eigenvalue weighted by molar-refractivity contribution is 5.35. The average Bonchev–Trinajstić information content (AvgIpc) is 2.25. The van der Waals surface area contributed by atoms with Crippen LogP contribution in [0.25, 0.3) is 0 Å². The Morgan fingerprint density at radius 2 is 2.07 bits per heavy atom. The summed E-state index contributed by atoms with van der Waals surface area (Å²) in [6, 6.07) is 6.07. The third-order valence-corrected chi connectivity index (χ3v) is 1.87. The molecule has 0 fully saturated rings. The maximum absolute atomic E-state index is 10.4. The van der Waals surface area contributed by atoms with Crippen LogP contribution in [0.4, 0.5) is 5.69 Å². The van der Waals surface area contributed by atoms with Gasteiger partial charge in [0.15, 0.2) is 0 Å². The topological polar surface area (TPSA) is 52.4 Å². The van der Waals surface area contributed by atoms with Crippen molar-refractivity contribution in [3.63, 3.8) is 0 Å². The Kier molecular flexibility index (Phi) is 4.34. The summed E-state index contributed by atoms with van der Waals surface area (Å²) in [7, 11) is 0. The molecular formula is C11H13NO3. The molecule has 0 radical (unpaired) electrons. The van der Waals surface area contributed by atoms with Gasteiger partial charge in [-0.05, 0) is 25.0 Å². The van der Waals surface area contributed by atoms with Crippen LogP contribution in [0.2, 0.25) is 0 Å². The molecule has 15 heavy (non-hydrogen) atoms. The highest BCUT2D eigenvalue weighted by Gasteiger charge is 2.03. The van der Waals surface area contributed by atoms with Gasteiger partial charge in [-0.15, -0.1) is 6.58 Å². The van der Waals surface area contributed by atoms with E-state index in [-0.39, 0.29) is 5.69 Å². The fourth-order valence-electron chi connectivity index (χ4n) is 1.08. The second-order valence-corrected chi connectivity index (χ2v) is 3.03. The van der Waals surface area contributed by atoms with E-state index in [2.05, 4.69) is 6.58 Å². The zero-order valence-electron chi connectivity index (χ0n) is 8.39. The van der Waals surface area contributed by atoms with E-state index in [1.165, 1.54) is 12.1 Å². The van der Waals surface area contributed by atoms with Crippen LogP contribution in [0.5, 0.6) is 5.75 Å². The van der Waals surface area contributed by atoms with Crippen molar-refractivity contribution in [1.82, 2.24) is 0 Å². The monoisotopic (exact) mass is 207 g/mol. The lowest BCUT2D eigenvalue weighted by molar-refractivity contribution is -0.384. The van der Waals surface area contributed by atoms with Crippen LogP contribution in [0, 0.1) is 10.1 Å². The average molecular weight is 207 g/mol. The Balaban J connectivity index is 2.42. The van der Waals surface area contributed by atoms with Crippen LogP contribution in [0.3, 0.4) is 0 Å². The molecule has 0 aromatic heterocycles. The first-order valence-corrected chi connectivity index (χ1v) is 4.72. The summed E-state index contributed by atoms with van der Waals surface area (Å²) in [6.07, 6.45) is 3.65. The SMILES string of the molecule is C=CCCCOc1ccc([N+](=O)[O-])cc1. The van der Waals surface area contributed by atoms with Crippen molar-refractivity contribution < 1.29 is 9.66 Å². The fourth-order valence-corrected chi connectivity index (χ4v) is 1.08. The Hall–Kier alpha value is -1.84. The Morgan fingerprint density at radius 3 is 2.60 bits per heavy atom. The van der Waals surface area contributed by atoms with E-state index in [9.17, 15) is 10.1 Å². The standard InChI is InChI=1S/C11H13NO3/c1-2-3-4-9-15-11-7-5-10(6-8-11)12(13)14/h2,5-8H,1,3-4,9H2. The predicted octanol–water partition coefficient (Wildman–Crippen LogP) is 2.94. The van der Waals surface area contributed by atoms with Crippen LogP contribution in [-0.4, -0.2) is 11.5 Å². The number of nitrogens with zero attached hydrogens (tertiary/aromatic N) is 1. The molecule has 0 bridgehead atoms. The van der Waals surface area contributed by atoms with Gasteiger partial charge in [0.1, 0.15) is 5.75 Å². The van der Waals surface area contributed by atoms with Crippen LogP contribution >= 0.6 is 0 Å². The van der Waals surface area contributed by atoms with E-state index in [0.717, 1.165) is 12.8 Å². The van der Waals surface area contributed by atoms with Gasteiger partial charge in [0.2, 0.25) is 0 Å². The summed E-state index contributed by atoms with van der Waals surface area (Å²) >= 11 is 0. The van der Waals surface area contributed by atoms with Crippen LogP contribution in [-0.2, 0) is 0 Å². The van der Waals surface area contributed by atoms with Crippen molar-refractivity contribution in [3.05, 3.63) is 47.0 Å². The summed E-state index contributed by atoms with van der Waals surface area (Å²) in [5.41, 5.74) is 0.0773. The van der Waals surface area contributed by atoms with Gasteiger partial charge in [-0.1, -0.05) is 6.08 Å². The van der Waals surface area contributed by atoms with Gasteiger partial charge in [0.05, 0.1) is 11.5 Å². The largest absolute Gasteiger partial charge is 0.494 e. The zero-order chi connectivity index (χ0) is 11.1. The number of ether oxygens (including phenoxy) is 1. The molecule has 0 unspecified atom stereocenters. The van der Waals surface area contributed by atoms with E-state index in [1.807, 2.05) is 6.08 Å². The zero-order valence-corrected chi connectivity index (χ0v) is 8.39. The van der Waals surface area contributed by atoms with Crippen molar-refractivity contribution in [2.45, 2.75) is 12.8 Å². The van der Waals surface area contributed by atoms with Crippen LogP contribution < -0.4 is 4.74 Å². The number of benzene rings is 1. The molecule has 1 aromatic rings. The molecular weight excluding hydrogens is 194 g/mol. The van der Waals surface area contributed by atoms with Gasteiger partial charge in [0.25, 0.3) is 5.69 Å². The number of hydrogen-bond donors (Lipinski definition) is 0. The molecule has 0 aliphatic heterocycles. The second-order valence-electron chi connectivity index (χ2n) is 3.03. The number of non-ortho nitro benzene ring substituents is 1. The minimum absolute atomic E-state index is 0.0773. The number of nitro benzene ring substituents is 1. The van der Waals surface area contributed by atoms with E-state index >= 15 is 0 Å². The van der Waals surface area contributed by atoms with Crippen LogP contribution in [0.15, 0.2) is 36.9 Å². The third kappa shape index (κ3) is 3.81.